The largest absolute Gasteiger partial charge is 0.447 e. The van der Waals surface area contributed by atoms with Gasteiger partial charge in [-0.3, -0.25) is 14.5 Å². The van der Waals surface area contributed by atoms with Gasteiger partial charge in [-0.2, -0.15) is 0 Å². The van der Waals surface area contributed by atoms with Gasteiger partial charge in [0, 0.05) is 17.0 Å². The Kier molecular flexibility index (Phi) is 6.32. The number of benzene rings is 2. The van der Waals surface area contributed by atoms with Crippen LogP contribution in [0.5, 0.6) is 0 Å². The number of hydrogen-bond donors (Lipinski definition) is 1. The first-order chi connectivity index (χ1) is 18.9. The molecule has 0 spiro atoms. The monoisotopic (exact) mass is 542 g/mol. The number of thiophene rings is 1. The second-order valence-corrected chi connectivity index (χ2v) is 10.3. The Morgan fingerprint density at radius 2 is 1.87 bits per heavy atom. The quantitative estimate of drug-likeness (QED) is 0.359. The molecule has 2 aliphatic heterocycles. The molecule has 196 valence electrons. The van der Waals surface area contributed by atoms with E-state index >= 15 is 0 Å². The first kappa shape index (κ1) is 24.7. The molecule has 3 amide bonds. The van der Waals surface area contributed by atoms with Gasteiger partial charge in [-0.15, -0.1) is 11.3 Å². The number of nitrogens with one attached hydrogen (secondary N) is 1. The Morgan fingerprint density at radius 3 is 2.67 bits per heavy atom. The molecule has 2 aromatic heterocycles. The summed E-state index contributed by atoms with van der Waals surface area (Å²) < 4.78 is 19.3. The van der Waals surface area contributed by atoms with Crippen molar-refractivity contribution in [2.45, 2.75) is 13.3 Å². The molecule has 0 aliphatic carbocycles. The van der Waals surface area contributed by atoms with Crippen molar-refractivity contribution < 1.29 is 23.5 Å². The Hall–Kier alpha value is -4.57. The maximum atomic E-state index is 14.3. The molecule has 2 aliphatic rings. The number of aromatic nitrogens is 1. The van der Waals surface area contributed by atoms with Crippen LogP contribution in [0.15, 0.2) is 66.7 Å². The van der Waals surface area contributed by atoms with E-state index in [1.165, 1.54) is 22.3 Å². The number of anilines is 3. The van der Waals surface area contributed by atoms with Gasteiger partial charge in [0.25, 0.3) is 11.8 Å². The second-order valence-electron chi connectivity index (χ2n) is 9.22. The summed E-state index contributed by atoms with van der Waals surface area (Å²) >= 11 is 1.31. The van der Waals surface area contributed by atoms with E-state index in [9.17, 15) is 18.8 Å². The molecule has 1 fully saturated rings. The van der Waals surface area contributed by atoms with Gasteiger partial charge in [0.15, 0.2) is 0 Å². The van der Waals surface area contributed by atoms with E-state index in [4.69, 9.17) is 4.74 Å². The van der Waals surface area contributed by atoms with Crippen LogP contribution in [0.2, 0.25) is 0 Å². The van der Waals surface area contributed by atoms with Crippen molar-refractivity contribution in [3.05, 3.63) is 94.2 Å². The third-order valence-corrected chi connectivity index (χ3v) is 7.98. The molecular weight excluding hydrogens is 519 g/mol. The number of hydrogen-bond acceptors (Lipinski definition) is 6. The van der Waals surface area contributed by atoms with Crippen LogP contribution >= 0.6 is 11.3 Å². The van der Waals surface area contributed by atoms with E-state index in [1.807, 2.05) is 30.3 Å². The number of ether oxygens (including phenoxy) is 1. The minimum atomic E-state index is -0.486. The lowest BCUT2D eigenvalue weighted by Gasteiger charge is -2.23. The molecule has 8 nitrogen and oxygen atoms in total. The maximum Gasteiger partial charge on any atom is 0.415 e. The number of para-hydroxylation sites is 2. The summed E-state index contributed by atoms with van der Waals surface area (Å²) in [6.07, 6.45) is 0.0257. The number of carbonyl (C=O) groups is 3. The molecule has 0 unspecified atom stereocenters. The van der Waals surface area contributed by atoms with E-state index in [0.29, 0.717) is 41.5 Å². The molecular formula is C29H23FN4O4S. The molecule has 6 rings (SSSR count). The fraction of sp³-hybridized carbons (Fsp3) is 0.172. The van der Waals surface area contributed by atoms with Crippen molar-refractivity contribution in [2.75, 3.05) is 34.8 Å². The summed E-state index contributed by atoms with van der Waals surface area (Å²) in [6.45, 7) is 2.76. The van der Waals surface area contributed by atoms with Gasteiger partial charge in [-0.25, -0.2) is 14.2 Å². The van der Waals surface area contributed by atoms with Crippen LogP contribution in [0.1, 0.15) is 31.3 Å². The van der Waals surface area contributed by atoms with Gasteiger partial charge in [0.05, 0.1) is 22.8 Å². The average Bonchev–Trinajstić information content (AvgIpc) is 3.54. The molecule has 0 radical (unpaired) electrons. The van der Waals surface area contributed by atoms with Crippen LogP contribution in [-0.4, -0.2) is 42.6 Å². The SMILES string of the molecule is Cc1cccc(F)c1NC(=O)c1cc2c(s1)-c1ccccc1N(C(=O)c1cccc(N3CCOC3=O)n1)CC2. The van der Waals surface area contributed by atoms with Crippen molar-refractivity contribution in [1.29, 1.82) is 0 Å². The zero-order valence-corrected chi connectivity index (χ0v) is 21.8. The predicted molar refractivity (Wildman–Crippen MR) is 147 cm³/mol. The van der Waals surface area contributed by atoms with Gasteiger partial charge >= 0.3 is 6.09 Å². The average molecular weight is 543 g/mol. The highest BCUT2D eigenvalue weighted by Gasteiger charge is 2.30. The van der Waals surface area contributed by atoms with E-state index in [1.54, 1.807) is 42.2 Å². The molecule has 0 saturated carbocycles. The van der Waals surface area contributed by atoms with Crippen LogP contribution in [-0.2, 0) is 11.2 Å². The van der Waals surface area contributed by atoms with Gasteiger partial charge in [0.2, 0.25) is 0 Å². The number of pyridine rings is 1. The lowest BCUT2D eigenvalue weighted by Crippen LogP contribution is -2.33. The summed E-state index contributed by atoms with van der Waals surface area (Å²) in [6, 6.07) is 19.0. The van der Waals surface area contributed by atoms with Gasteiger partial charge in [-0.1, -0.05) is 36.4 Å². The molecule has 0 bridgehead atoms. The van der Waals surface area contributed by atoms with Crippen molar-refractivity contribution in [1.82, 2.24) is 4.98 Å². The van der Waals surface area contributed by atoms with Crippen molar-refractivity contribution in [3.63, 3.8) is 0 Å². The molecule has 4 aromatic rings. The number of rotatable bonds is 4. The smallest absolute Gasteiger partial charge is 0.415 e. The van der Waals surface area contributed by atoms with E-state index < -0.39 is 11.9 Å². The number of carbonyl (C=O) groups excluding carboxylic acids is 3. The molecule has 1 N–H and O–H groups in total. The Bertz CT molecular complexity index is 1620. The minimum absolute atomic E-state index is 0.167. The minimum Gasteiger partial charge on any atom is -0.447 e. The van der Waals surface area contributed by atoms with Crippen LogP contribution in [0.25, 0.3) is 10.4 Å². The normalized spacial score (nSPS) is 14.4. The van der Waals surface area contributed by atoms with Crippen LogP contribution in [0.3, 0.4) is 0 Å². The number of fused-ring (bicyclic) bond motifs is 3. The first-order valence-electron chi connectivity index (χ1n) is 12.4. The maximum absolute atomic E-state index is 14.3. The molecule has 39 heavy (non-hydrogen) atoms. The first-order valence-corrected chi connectivity index (χ1v) is 13.2. The third-order valence-electron chi connectivity index (χ3n) is 6.77. The number of amides is 3. The van der Waals surface area contributed by atoms with E-state index in [-0.39, 0.29) is 29.8 Å². The molecule has 2 aromatic carbocycles. The second kappa shape index (κ2) is 9.95. The Balaban J connectivity index is 1.31. The van der Waals surface area contributed by atoms with Crippen LogP contribution in [0.4, 0.5) is 26.4 Å². The standard InChI is InChI=1S/C29H23FN4O4S/c1-17-6-4-8-20(30)25(17)32-27(35)23-16-18-12-13-33(22-10-3-2-7-19(22)26(18)39-23)28(36)21-9-5-11-24(31-21)34-14-15-38-29(34)37/h2-11,16H,12-15H2,1H3,(H,32,35). The van der Waals surface area contributed by atoms with Gasteiger partial charge in [-0.05, 0) is 54.8 Å². The number of halogens is 1. The Labute approximate surface area is 227 Å². The van der Waals surface area contributed by atoms with Gasteiger partial charge in [0.1, 0.15) is 23.9 Å². The summed E-state index contributed by atoms with van der Waals surface area (Å²) in [5.74, 6) is -0.792. The number of aryl methyl sites for hydroxylation is 1. The Morgan fingerprint density at radius 1 is 1.05 bits per heavy atom. The fourth-order valence-electron chi connectivity index (χ4n) is 4.82. The van der Waals surface area contributed by atoms with Gasteiger partial charge < -0.3 is 15.0 Å². The number of nitrogens with zero attached hydrogens (tertiary/aromatic N) is 3. The zero-order valence-electron chi connectivity index (χ0n) is 20.9. The molecule has 0 atom stereocenters. The summed E-state index contributed by atoms with van der Waals surface area (Å²) in [5, 5.41) is 2.71. The van der Waals surface area contributed by atoms with E-state index in [2.05, 4.69) is 10.3 Å². The topological polar surface area (TPSA) is 91.8 Å². The predicted octanol–water partition coefficient (Wildman–Crippen LogP) is 5.67. The molecule has 1 saturated heterocycles. The summed E-state index contributed by atoms with van der Waals surface area (Å²) in [4.78, 5) is 47.7. The lowest BCUT2D eigenvalue weighted by atomic mass is 10.1. The fourth-order valence-corrected chi connectivity index (χ4v) is 5.96. The molecule has 4 heterocycles. The van der Waals surface area contributed by atoms with Crippen molar-refractivity contribution >= 4 is 46.4 Å². The highest BCUT2D eigenvalue weighted by Crippen LogP contribution is 2.42. The van der Waals surface area contributed by atoms with Crippen molar-refractivity contribution in [3.8, 4) is 10.4 Å². The number of cyclic esters (lactones) is 1. The highest BCUT2D eigenvalue weighted by molar-refractivity contribution is 7.17. The van der Waals surface area contributed by atoms with Crippen LogP contribution in [0, 0.1) is 12.7 Å². The summed E-state index contributed by atoms with van der Waals surface area (Å²) in [7, 11) is 0. The van der Waals surface area contributed by atoms with Crippen molar-refractivity contribution in [2.24, 2.45) is 0 Å². The van der Waals surface area contributed by atoms with E-state index in [0.717, 1.165) is 16.0 Å². The molecule has 10 heteroatoms. The van der Waals surface area contributed by atoms with Crippen LogP contribution < -0.4 is 15.1 Å². The lowest BCUT2D eigenvalue weighted by molar-refractivity contribution is 0.0981. The zero-order chi connectivity index (χ0) is 27.1. The third kappa shape index (κ3) is 4.52. The summed E-state index contributed by atoms with van der Waals surface area (Å²) in [5.41, 5.74) is 3.48. The highest BCUT2D eigenvalue weighted by atomic mass is 32.1.